The lowest BCUT2D eigenvalue weighted by Crippen LogP contribution is -2.12. The van der Waals surface area contributed by atoms with Crippen molar-refractivity contribution in [3.63, 3.8) is 0 Å². The number of halogens is 2. The summed E-state index contributed by atoms with van der Waals surface area (Å²) in [5.74, 6) is -0.320. The number of hydrogen-bond acceptors (Lipinski definition) is 5. The van der Waals surface area contributed by atoms with Crippen molar-refractivity contribution < 1.29 is 22.7 Å². The van der Waals surface area contributed by atoms with Gasteiger partial charge in [-0.2, -0.15) is 0 Å². The van der Waals surface area contributed by atoms with Crippen LogP contribution in [0.1, 0.15) is 0 Å². The van der Waals surface area contributed by atoms with E-state index in [1.807, 2.05) is 0 Å². The Balaban J connectivity index is 2.87. The standard InChI is InChI=1S/C9H8Cl2O5S/c1-15-9(12)5-16-6-2-3-8(7(10)4-6)17(11,13)14/h2-4H,5H2,1H3. The molecule has 0 spiro atoms. The molecule has 5 nitrogen and oxygen atoms in total. The zero-order chi connectivity index (χ0) is 13.1. The van der Waals surface area contributed by atoms with Gasteiger partial charge in [-0.1, -0.05) is 11.6 Å². The molecular weight excluding hydrogens is 291 g/mol. The van der Waals surface area contributed by atoms with E-state index in [2.05, 4.69) is 4.74 Å². The van der Waals surface area contributed by atoms with Crippen LogP contribution in [0.4, 0.5) is 0 Å². The highest BCUT2D eigenvalue weighted by molar-refractivity contribution is 8.13. The van der Waals surface area contributed by atoms with Crippen LogP contribution < -0.4 is 4.74 Å². The molecule has 0 saturated heterocycles. The molecular formula is C9H8Cl2O5S. The van der Waals surface area contributed by atoms with Crippen molar-refractivity contribution >= 4 is 37.3 Å². The molecule has 1 rings (SSSR count). The number of carbonyl (C=O) groups is 1. The molecule has 1 aromatic carbocycles. The highest BCUT2D eigenvalue weighted by atomic mass is 35.7. The second-order valence-corrected chi connectivity index (χ2v) is 5.84. The SMILES string of the molecule is COC(=O)COc1ccc(S(=O)(=O)Cl)c(Cl)c1. The quantitative estimate of drug-likeness (QED) is 0.626. The predicted molar refractivity (Wildman–Crippen MR) is 62.0 cm³/mol. The first-order chi connectivity index (χ1) is 7.84. The third-order valence-electron chi connectivity index (χ3n) is 1.75. The summed E-state index contributed by atoms with van der Waals surface area (Å²) in [6.07, 6.45) is 0. The lowest BCUT2D eigenvalue weighted by Gasteiger charge is -2.06. The Morgan fingerprint density at radius 3 is 2.53 bits per heavy atom. The number of ether oxygens (including phenoxy) is 2. The molecule has 0 aromatic heterocycles. The largest absolute Gasteiger partial charge is 0.482 e. The predicted octanol–water partition coefficient (Wildman–Crippen LogP) is 1.82. The molecule has 0 heterocycles. The molecule has 1 aromatic rings. The van der Waals surface area contributed by atoms with Gasteiger partial charge in [0.2, 0.25) is 0 Å². The molecule has 0 N–H and O–H groups in total. The minimum absolute atomic E-state index is 0.0811. The van der Waals surface area contributed by atoms with E-state index in [9.17, 15) is 13.2 Å². The van der Waals surface area contributed by atoms with Crippen molar-refractivity contribution in [2.75, 3.05) is 13.7 Å². The van der Waals surface area contributed by atoms with E-state index in [0.29, 0.717) is 0 Å². The van der Waals surface area contributed by atoms with Gasteiger partial charge < -0.3 is 9.47 Å². The molecule has 0 amide bonds. The van der Waals surface area contributed by atoms with Crippen LogP contribution in [0.25, 0.3) is 0 Å². The topological polar surface area (TPSA) is 69.7 Å². The number of hydrogen-bond donors (Lipinski definition) is 0. The molecule has 17 heavy (non-hydrogen) atoms. The third kappa shape index (κ3) is 4.07. The number of methoxy groups -OCH3 is 1. The Kier molecular flexibility index (Phi) is 4.62. The van der Waals surface area contributed by atoms with Crippen LogP contribution in [0.2, 0.25) is 5.02 Å². The highest BCUT2D eigenvalue weighted by Gasteiger charge is 2.15. The Labute approximate surface area is 108 Å². The van der Waals surface area contributed by atoms with Crippen LogP contribution in [0, 0.1) is 0 Å². The minimum atomic E-state index is -3.89. The number of esters is 1. The van der Waals surface area contributed by atoms with Crippen LogP contribution >= 0.6 is 22.3 Å². The summed E-state index contributed by atoms with van der Waals surface area (Å²) in [4.78, 5) is 10.6. The number of rotatable bonds is 4. The van der Waals surface area contributed by atoms with Gasteiger partial charge in [-0.15, -0.1) is 0 Å². The number of benzene rings is 1. The van der Waals surface area contributed by atoms with Gasteiger partial charge in [0.25, 0.3) is 9.05 Å². The van der Waals surface area contributed by atoms with E-state index in [1.165, 1.54) is 25.3 Å². The molecule has 0 saturated carbocycles. The van der Waals surface area contributed by atoms with Crippen LogP contribution in [-0.2, 0) is 18.6 Å². The van der Waals surface area contributed by atoms with Gasteiger partial charge in [-0.05, 0) is 12.1 Å². The van der Waals surface area contributed by atoms with Crippen LogP contribution in [-0.4, -0.2) is 28.1 Å². The van der Waals surface area contributed by atoms with E-state index < -0.39 is 15.0 Å². The van der Waals surface area contributed by atoms with E-state index in [0.717, 1.165) is 0 Å². The number of carbonyl (C=O) groups excluding carboxylic acids is 1. The van der Waals surface area contributed by atoms with Crippen LogP contribution in [0.3, 0.4) is 0 Å². The monoisotopic (exact) mass is 298 g/mol. The summed E-state index contributed by atoms with van der Waals surface area (Å²) in [6.45, 7) is -0.292. The molecule has 0 aliphatic rings. The fourth-order valence-electron chi connectivity index (χ4n) is 0.970. The third-order valence-corrected chi connectivity index (χ3v) is 3.56. The summed E-state index contributed by atoms with van der Waals surface area (Å²) in [5, 5.41) is -0.0811. The van der Waals surface area contributed by atoms with Crippen molar-refractivity contribution in [1.29, 1.82) is 0 Å². The summed E-state index contributed by atoms with van der Waals surface area (Å²) in [5.41, 5.74) is 0. The van der Waals surface area contributed by atoms with Gasteiger partial charge in [-0.3, -0.25) is 0 Å². The fraction of sp³-hybridized carbons (Fsp3) is 0.222. The Hall–Kier alpha value is -0.980. The lowest BCUT2D eigenvalue weighted by atomic mass is 10.3. The van der Waals surface area contributed by atoms with Gasteiger partial charge in [0, 0.05) is 16.7 Å². The Morgan fingerprint density at radius 2 is 2.06 bits per heavy atom. The molecule has 0 aliphatic heterocycles. The first-order valence-corrected chi connectivity index (χ1v) is 6.97. The molecule has 8 heteroatoms. The van der Waals surface area contributed by atoms with Crippen molar-refractivity contribution in [3.8, 4) is 5.75 Å². The zero-order valence-corrected chi connectivity index (χ0v) is 11.0. The second kappa shape index (κ2) is 5.57. The van der Waals surface area contributed by atoms with Crippen molar-refractivity contribution in [3.05, 3.63) is 23.2 Å². The van der Waals surface area contributed by atoms with Crippen molar-refractivity contribution in [2.45, 2.75) is 4.90 Å². The van der Waals surface area contributed by atoms with Gasteiger partial charge in [0.05, 0.1) is 12.1 Å². The highest BCUT2D eigenvalue weighted by Crippen LogP contribution is 2.28. The summed E-state index contributed by atoms with van der Waals surface area (Å²) < 4.78 is 31.5. The van der Waals surface area contributed by atoms with Crippen molar-refractivity contribution in [1.82, 2.24) is 0 Å². The Bertz CT molecular complexity index is 526. The van der Waals surface area contributed by atoms with Gasteiger partial charge in [0.15, 0.2) is 6.61 Å². The average Bonchev–Trinajstić information content (AvgIpc) is 2.24. The molecule has 0 atom stereocenters. The summed E-state index contributed by atoms with van der Waals surface area (Å²) in [6, 6.07) is 3.78. The van der Waals surface area contributed by atoms with Gasteiger partial charge in [-0.25, -0.2) is 13.2 Å². The van der Waals surface area contributed by atoms with Crippen molar-refractivity contribution in [2.24, 2.45) is 0 Å². The first kappa shape index (κ1) is 14.1. The summed E-state index contributed by atoms with van der Waals surface area (Å²) >= 11 is 5.70. The van der Waals surface area contributed by atoms with Gasteiger partial charge >= 0.3 is 5.97 Å². The minimum Gasteiger partial charge on any atom is -0.482 e. The summed E-state index contributed by atoms with van der Waals surface area (Å²) in [7, 11) is 2.47. The zero-order valence-electron chi connectivity index (χ0n) is 8.64. The first-order valence-electron chi connectivity index (χ1n) is 4.28. The smallest absolute Gasteiger partial charge is 0.343 e. The maximum absolute atomic E-state index is 11.0. The van der Waals surface area contributed by atoms with E-state index in [-0.39, 0.29) is 22.3 Å². The van der Waals surface area contributed by atoms with E-state index >= 15 is 0 Å². The van der Waals surface area contributed by atoms with E-state index in [1.54, 1.807) is 0 Å². The molecule has 0 aliphatic carbocycles. The maximum Gasteiger partial charge on any atom is 0.343 e. The molecule has 94 valence electrons. The molecule has 0 radical (unpaired) electrons. The fourth-order valence-corrected chi connectivity index (χ4v) is 2.49. The Morgan fingerprint density at radius 1 is 1.41 bits per heavy atom. The lowest BCUT2D eigenvalue weighted by molar-refractivity contribution is -0.142. The van der Waals surface area contributed by atoms with Crippen LogP contribution in [0.5, 0.6) is 5.75 Å². The maximum atomic E-state index is 11.0. The van der Waals surface area contributed by atoms with E-state index in [4.69, 9.17) is 27.0 Å². The molecule has 0 fully saturated rings. The normalized spacial score (nSPS) is 11.0. The molecule has 0 unspecified atom stereocenters. The van der Waals surface area contributed by atoms with Crippen LogP contribution in [0.15, 0.2) is 23.1 Å². The molecule has 0 bridgehead atoms. The average molecular weight is 299 g/mol. The second-order valence-electron chi connectivity index (χ2n) is 2.89. The van der Waals surface area contributed by atoms with Gasteiger partial charge in [0.1, 0.15) is 10.6 Å².